The van der Waals surface area contributed by atoms with E-state index in [-0.39, 0.29) is 6.10 Å². The highest BCUT2D eigenvalue weighted by Crippen LogP contribution is 2.32. The van der Waals surface area contributed by atoms with E-state index in [1.807, 2.05) is 42.7 Å². The molecule has 0 radical (unpaired) electrons. The van der Waals surface area contributed by atoms with Crippen LogP contribution in [0.25, 0.3) is 56.1 Å². The van der Waals surface area contributed by atoms with Crippen molar-refractivity contribution in [3.05, 3.63) is 67.4 Å². The molecule has 1 fully saturated rings. The summed E-state index contributed by atoms with van der Waals surface area (Å²) in [6, 6.07) is 11.8. The van der Waals surface area contributed by atoms with Crippen LogP contribution in [0.2, 0.25) is 0 Å². The van der Waals surface area contributed by atoms with Gasteiger partial charge in [-0.3, -0.25) is 20.1 Å². The molecule has 6 heterocycles. The summed E-state index contributed by atoms with van der Waals surface area (Å²) in [7, 11) is 0. The minimum Gasteiger partial charge on any atom is -0.489 e. The maximum atomic E-state index is 6.24. The van der Waals surface area contributed by atoms with E-state index in [2.05, 4.69) is 41.2 Å². The van der Waals surface area contributed by atoms with Crippen molar-refractivity contribution in [3.8, 4) is 39.8 Å². The molecule has 1 aliphatic rings. The van der Waals surface area contributed by atoms with Crippen LogP contribution in [0.15, 0.2) is 67.4 Å². The van der Waals surface area contributed by atoms with Crippen LogP contribution in [0, 0.1) is 0 Å². The fourth-order valence-corrected chi connectivity index (χ4v) is 5.00. The number of nitrogens with zero attached hydrogens (tertiary/aromatic N) is 6. The number of rotatable bonds is 5. The molecule has 0 atom stereocenters. The van der Waals surface area contributed by atoms with Gasteiger partial charge in [0.15, 0.2) is 11.5 Å². The summed E-state index contributed by atoms with van der Waals surface area (Å²) in [5.74, 6) is 1.43. The number of nitrogens with one attached hydrogen (secondary N) is 2. The number of aromatic nitrogens is 8. The van der Waals surface area contributed by atoms with Gasteiger partial charge in [-0.25, -0.2) is 9.97 Å². The molecule has 2 N–H and O–H groups in total. The van der Waals surface area contributed by atoms with Gasteiger partial charge in [-0.05, 0) is 56.0 Å². The molecule has 182 valence electrons. The van der Waals surface area contributed by atoms with Gasteiger partial charge in [0, 0.05) is 35.9 Å². The van der Waals surface area contributed by atoms with E-state index >= 15 is 0 Å². The molecule has 7 rings (SSSR count). The Kier molecular flexibility index (Phi) is 5.31. The van der Waals surface area contributed by atoms with E-state index in [9.17, 15) is 0 Å². The van der Waals surface area contributed by atoms with E-state index in [4.69, 9.17) is 9.72 Å². The normalized spacial score (nSPS) is 14.4. The number of H-pyrrole nitrogens is 2. The van der Waals surface area contributed by atoms with Crippen LogP contribution in [-0.4, -0.2) is 46.2 Å². The minimum atomic E-state index is 0.269. The highest BCUT2D eigenvalue weighted by molar-refractivity contribution is 5.95. The van der Waals surface area contributed by atoms with Crippen LogP contribution < -0.4 is 4.74 Å². The first-order valence-electron chi connectivity index (χ1n) is 12.5. The van der Waals surface area contributed by atoms with Crippen molar-refractivity contribution >= 4 is 22.1 Å². The van der Waals surface area contributed by atoms with Gasteiger partial charge in [-0.2, -0.15) is 5.10 Å². The lowest BCUT2D eigenvalue weighted by Gasteiger charge is -2.23. The third-order valence-corrected chi connectivity index (χ3v) is 6.85. The molecule has 6 aromatic heterocycles. The summed E-state index contributed by atoms with van der Waals surface area (Å²) in [5.41, 5.74) is 6.35. The monoisotopic (exact) mass is 488 g/mol. The van der Waals surface area contributed by atoms with Gasteiger partial charge in [0.25, 0.3) is 0 Å². The maximum absolute atomic E-state index is 6.24. The van der Waals surface area contributed by atoms with Gasteiger partial charge in [0.2, 0.25) is 0 Å². The van der Waals surface area contributed by atoms with Crippen molar-refractivity contribution in [2.24, 2.45) is 0 Å². The number of pyridine rings is 4. The molecule has 0 amide bonds. The molecule has 0 aromatic carbocycles. The molecule has 0 spiro atoms. The van der Waals surface area contributed by atoms with Crippen LogP contribution in [0.1, 0.15) is 32.1 Å². The zero-order valence-electron chi connectivity index (χ0n) is 20.1. The molecule has 0 saturated heterocycles. The first-order valence-corrected chi connectivity index (χ1v) is 12.5. The van der Waals surface area contributed by atoms with Crippen molar-refractivity contribution in [1.82, 2.24) is 40.1 Å². The summed E-state index contributed by atoms with van der Waals surface area (Å²) in [5, 5.41) is 8.43. The topological polar surface area (TPSA) is 118 Å². The maximum Gasteiger partial charge on any atom is 0.159 e. The predicted octanol–water partition coefficient (Wildman–Crippen LogP) is 5.73. The number of hydrogen-bond donors (Lipinski definition) is 2. The Hall–Kier alpha value is -4.66. The van der Waals surface area contributed by atoms with Crippen molar-refractivity contribution in [2.75, 3.05) is 0 Å². The second-order valence-electron chi connectivity index (χ2n) is 9.34. The van der Waals surface area contributed by atoms with Crippen LogP contribution in [-0.2, 0) is 0 Å². The zero-order chi connectivity index (χ0) is 24.6. The van der Waals surface area contributed by atoms with Gasteiger partial charge < -0.3 is 9.72 Å². The zero-order valence-corrected chi connectivity index (χ0v) is 20.1. The van der Waals surface area contributed by atoms with Crippen LogP contribution in [0.3, 0.4) is 0 Å². The SMILES string of the molecule is c1ccc(-c2nccc3[nH]c(-c4n[nH]c5ncc(-c6cncc(OC7CCCCC7)c6)cc45)nc23)nc1. The molecule has 9 nitrogen and oxygen atoms in total. The van der Waals surface area contributed by atoms with E-state index < -0.39 is 0 Å². The third kappa shape index (κ3) is 4.08. The number of hydrogen-bond acceptors (Lipinski definition) is 7. The molecule has 0 bridgehead atoms. The molecular weight excluding hydrogens is 464 g/mol. The summed E-state index contributed by atoms with van der Waals surface area (Å²) in [6.45, 7) is 0. The smallest absolute Gasteiger partial charge is 0.159 e. The molecule has 1 saturated carbocycles. The average molecular weight is 489 g/mol. The van der Waals surface area contributed by atoms with Crippen molar-refractivity contribution in [2.45, 2.75) is 38.2 Å². The molecule has 0 unspecified atom stereocenters. The van der Waals surface area contributed by atoms with Crippen molar-refractivity contribution < 1.29 is 4.74 Å². The Morgan fingerprint density at radius 1 is 0.838 bits per heavy atom. The fraction of sp³-hybridized carbons (Fsp3) is 0.214. The van der Waals surface area contributed by atoms with Crippen LogP contribution >= 0.6 is 0 Å². The van der Waals surface area contributed by atoms with E-state index in [1.54, 1.807) is 18.6 Å². The van der Waals surface area contributed by atoms with Gasteiger partial charge in [0.1, 0.15) is 22.7 Å². The van der Waals surface area contributed by atoms with Gasteiger partial charge in [-0.1, -0.05) is 12.5 Å². The number of fused-ring (bicyclic) bond motifs is 2. The number of ether oxygens (including phenoxy) is 1. The Labute approximate surface area is 212 Å². The quantitative estimate of drug-likeness (QED) is 0.318. The van der Waals surface area contributed by atoms with Crippen molar-refractivity contribution in [1.29, 1.82) is 0 Å². The lowest BCUT2D eigenvalue weighted by Crippen LogP contribution is -2.19. The predicted molar refractivity (Wildman–Crippen MR) is 141 cm³/mol. The Morgan fingerprint density at radius 3 is 2.65 bits per heavy atom. The van der Waals surface area contributed by atoms with Gasteiger partial charge in [-0.15, -0.1) is 0 Å². The van der Waals surface area contributed by atoms with E-state index in [0.29, 0.717) is 17.2 Å². The summed E-state index contributed by atoms with van der Waals surface area (Å²) in [4.78, 5) is 26.3. The molecule has 37 heavy (non-hydrogen) atoms. The summed E-state index contributed by atoms with van der Waals surface area (Å²) >= 11 is 0. The molecule has 1 aliphatic carbocycles. The molecule has 6 aromatic rings. The second kappa shape index (κ2) is 9.09. The van der Waals surface area contributed by atoms with Gasteiger partial charge >= 0.3 is 0 Å². The van der Waals surface area contributed by atoms with E-state index in [0.717, 1.165) is 57.5 Å². The standard InChI is InChI=1S/C28H24N8O/c1-2-6-19(7-3-1)37-20-12-17(14-29-16-20)18-13-21-24(35-36-27(21)32-15-18)28-33-23-9-11-31-25(26(23)34-28)22-8-4-5-10-30-22/h4-5,8-16,19H,1-3,6-7H2,(H,33,34)(H,32,35,36). The molecule has 9 heteroatoms. The minimum absolute atomic E-state index is 0.269. The Bertz CT molecular complexity index is 1700. The molecular formula is C28H24N8O. The third-order valence-electron chi connectivity index (χ3n) is 6.85. The largest absolute Gasteiger partial charge is 0.489 e. The average Bonchev–Trinajstić information content (AvgIpc) is 3.58. The van der Waals surface area contributed by atoms with E-state index in [1.165, 1.54) is 19.3 Å². The number of aromatic amines is 2. The summed E-state index contributed by atoms with van der Waals surface area (Å²) in [6.07, 6.45) is 15.2. The first kappa shape index (κ1) is 21.6. The lowest BCUT2D eigenvalue weighted by atomic mass is 9.98. The Morgan fingerprint density at radius 2 is 1.76 bits per heavy atom. The first-order chi connectivity index (χ1) is 18.3. The Balaban J connectivity index is 1.26. The highest BCUT2D eigenvalue weighted by Gasteiger charge is 2.18. The van der Waals surface area contributed by atoms with Crippen molar-refractivity contribution in [3.63, 3.8) is 0 Å². The highest BCUT2D eigenvalue weighted by atomic mass is 16.5. The lowest BCUT2D eigenvalue weighted by molar-refractivity contribution is 0.154. The van der Waals surface area contributed by atoms with Crippen LogP contribution in [0.5, 0.6) is 5.75 Å². The fourth-order valence-electron chi connectivity index (χ4n) is 5.00. The summed E-state index contributed by atoms with van der Waals surface area (Å²) < 4.78 is 6.24. The molecule has 0 aliphatic heterocycles. The van der Waals surface area contributed by atoms with Gasteiger partial charge in [0.05, 0.1) is 28.9 Å². The number of imidazole rings is 1. The van der Waals surface area contributed by atoms with Crippen LogP contribution in [0.4, 0.5) is 0 Å². The second-order valence-corrected chi connectivity index (χ2v) is 9.34.